The molecule has 0 fully saturated rings. The van der Waals surface area contributed by atoms with E-state index in [1.807, 2.05) is 6.92 Å². The van der Waals surface area contributed by atoms with E-state index < -0.39 is 18.5 Å². The van der Waals surface area contributed by atoms with E-state index in [-0.39, 0.29) is 5.69 Å². The molecule has 0 aliphatic carbocycles. The lowest BCUT2D eigenvalue weighted by Crippen LogP contribution is -2.21. The predicted octanol–water partition coefficient (Wildman–Crippen LogP) is 3.20. The Morgan fingerprint density at radius 2 is 2.00 bits per heavy atom. The maximum Gasteiger partial charge on any atom is 0.352 e. The van der Waals surface area contributed by atoms with Gasteiger partial charge in [-0.3, -0.25) is 4.79 Å². The molecule has 1 aromatic heterocycles. The molecule has 0 aliphatic heterocycles. The molecule has 1 heterocycles. The summed E-state index contributed by atoms with van der Waals surface area (Å²) in [5, 5.41) is 6.90. The number of halogens is 2. The number of carbonyl (C=O) groups excluding carboxylic acids is 2. The smallest absolute Gasteiger partial charge is 0.352 e. The summed E-state index contributed by atoms with van der Waals surface area (Å²) in [4.78, 5) is 24.0. The number of carbonyl (C=O) groups is 2. The molecule has 0 radical (unpaired) electrons. The lowest BCUT2D eigenvalue weighted by molar-refractivity contribution is -0.119. The van der Waals surface area contributed by atoms with Gasteiger partial charge in [0, 0.05) is 0 Å². The average molecular weight is 360 g/mol. The molecule has 22 heavy (non-hydrogen) atoms. The van der Waals surface area contributed by atoms with Crippen LogP contribution in [0.2, 0.25) is 10.0 Å². The quantitative estimate of drug-likeness (QED) is 0.828. The third-order valence-corrected chi connectivity index (χ3v) is 4.02. The second-order valence-electron chi connectivity index (χ2n) is 4.12. The average Bonchev–Trinajstić information content (AvgIpc) is 2.97. The van der Waals surface area contributed by atoms with Crippen molar-refractivity contribution >= 4 is 52.3 Å². The van der Waals surface area contributed by atoms with Crippen LogP contribution < -0.4 is 5.32 Å². The minimum Gasteiger partial charge on any atom is -0.451 e. The Morgan fingerprint density at radius 1 is 1.32 bits per heavy atom. The van der Waals surface area contributed by atoms with Gasteiger partial charge in [-0.15, -0.1) is 5.10 Å². The fourth-order valence-electron chi connectivity index (χ4n) is 1.58. The summed E-state index contributed by atoms with van der Waals surface area (Å²) in [6.07, 6.45) is 0.558. The number of para-hydroxylation sites is 1. The van der Waals surface area contributed by atoms with E-state index in [9.17, 15) is 9.59 Å². The Morgan fingerprint density at radius 3 is 2.64 bits per heavy atom. The number of amides is 1. The number of ether oxygens (including phenoxy) is 1. The van der Waals surface area contributed by atoms with Gasteiger partial charge in [0.2, 0.25) is 0 Å². The van der Waals surface area contributed by atoms with Gasteiger partial charge < -0.3 is 10.1 Å². The molecule has 1 amide bonds. The zero-order valence-corrected chi connectivity index (χ0v) is 13.8. The third kappa shape index (κ3) is 3.94. The van der Waals surface area contributed by atoms with Crippen molar-refractivity contribution in [2.45, 2.75) is 13.3 Å². The van der Waals surface area contributed by atoms with Crippen LogP contribution in [0.25, 0.3) is 0 Å². The third-order valence-electron chi connectivity index (χ3n) is 2.64. The van der Waals surface area contributed by atoms with Gasteiger partial charge in [0.05, 0.1) is 21.4 Å². The van der Waals surface area contributed by atoms with E-state index in [4.69, 9.17) is 27.9 Å². The van der Waals surface area contributed by atoms with E-state index in [1.54, 1.807) is 18.2 Å². The molecule has 0 aliphatic rings. The first-order chi connectivity index (χ1) is 10.5. The minimum atomic E-state index is -0.632. The summed E-state index contributed by atoms with van der Waals surface area (Å²) < 4.78 is 8.62. The van der Waals surface area contributed by atoms with Crippen molar-refractivity contribution in [3.05, 3.63) is 38.8 Å². The summed E-state index contributed by atoms with van der Waals surface area (Å²) in [6, 6.07) is 4.83. The standard InChI is InChI=1S/C13H11Cl2N3O3S/c1-2-9-12(22-18-17-9)13(20)21-6-10(19)16-11-7(14)4-3-5-8(11)15/h3-5H,2,6H2,1H3,(H,16,19). The topological polar surface area (TPSA) is 81.2 Å². The Bertz CT molecular complexity index is 685. The molecule has 9 heteroatoms. The first-order valence-electron chi connectivity index (χ1n) is 6.25. The number of aryl methyl sites for hydroxylation is 1. The van der Waals surface area contributed by atoms with Crippen LogP contribution in [-0.4, -0.2) is 28.1 Å². The van der Waals surface area contributed by atoms with Crippen molar-refractivity contribution < 1.29 is 14.3 Å². The molecule has 0 saturated carbocycles. The summed E-state index contributed by atoms with van der Waals surface area (Å²) >= 11 is 12.8. The van der Waals surface area contributed by atoms with Crippen LogP contribution in [0, 0.1) is 0 Å². The van der Waals surface area contributed by atoms with E-state index in [0.29, 0.717) is 27.0 Å². The van der Waals surface area contributed by atoms with E-state index in [0.717, 1.165) is 11.5 Å². The fraction of sp³-hybridized carbons (Fsp3) is 0.231. The minimum absolute atomic E-state index is 0.278. The molecule has 0 spiro atoms. The number of hydrogen-bond acceptors (Lipinski definition) is 6. The number of esters is 1. The van der Waals surface area contributed by atoms with Gasteiger partial charge in [-0.1, -0.05) is 40.7 Å². The van der Waals surface area contributed by atoms with Crippen molar-refractivity contribution in [3.8, 4) is 0 Å². The van der Waals surface area contributed by atoms with Gasteiger partial charge in [-0.05, 0) is 30.1 Å². The zero-order chi connectivity index (χ0) is 16.1. The lowest BCUT2D eigenvalue weighted by atomic mass is 10.3. The molecule has 1 N–H and O–H groups in total. The highest BCUT2D eigenvalue weighted by Crippen LogP contribution is 2.29. The van der Waals surface area contributed by atoms with Crippen LogP contribution in [0.1, 0.15) is 22.3 Å². The molecule has 0 atom stereocenters. The molecule has 2 aromatic rings. The molecule has 0 saturated heterocycles. The van der Waals surface area contributed by atoms with Crippen molar-refractivity contribution in [2.24, 2.45) is 0 Å². The van der Waals surface area contributed by atoms with E-state index in [2.05, 4.69) is 14.9 Å². The van der Waals surface area contributed by atoms with E-state index >= 15 is 0 Å². The van der Waals surface area contributed by atoms with Gasteiger partial charge in [0.15, 0.2) is 11.5 Å². The van der Waals surface area contributed by atoms with Gasteiger partial charge in [0.1, 0.15) is 0 Å². The summed E-state index contributed by atoms with van der Waals surface area (Å²) in [5.74, 6) is -1.17. The highest BCUT2D eigenvalue weighted by atomic mass is 35.5. The van der Waals surface area contributed by atoms with Gasteiger partial charge in [-0.25, -0.2) is 4.79 Å². The van der Waals surface area contributed by atoms with Crippen molar-refractivity contribution in [1.29, 1.82) is 0 Å². The summed E-state index contributed by atoms with van der Waals surface area (Å²) in [7, 11) is 0. The Balaban J connectivity index is 1.95. The van der Waals surface area contributed by atoms with Crippen molar-refractivity contribution in [1.82, 2.24) is 9.59 Å². The predicted molar refractivity (Wildman–Crippen MR) is 84.7 cm³/mol. The molecular weight excluding hydrogens is 349 g/mol. The number of rotatable bonds is 5. The Hall–Kier alpha value is -1.70. The second kappa shape index (κ2) is 7.53. The van der Waals surface area contributed by atoms with Crippen LogP contribution in [-0.2, 0) is 16.0 Å². The number of hydrogen-bond donors (Lipinski definition) is 1. The van der Waals surface area contributed by atoms with Gasteiger partial charge in [0.25, 0.3) is 5.91 Å². The second-order valence-corrected chi connectivity index (χ2v) is 5.69. The summed E-state index contributed by atoms with van der Waals surface area (Å²) in [6.45, 7) is 1.39. The first kappa shape index (κ1) is 16.7. The number of nitrogens with zero attached hydrogens (tertiary/aromatic N) is 2. The van der Waals surface area contributed by atoms with Crippen LogP contribution in [0.5, 0.6) is 0 Å². The number of benzene rings is 1. The fourth-order valence-corrected chi connectivity index (χ4v) is 2.72. The molecular formula is C13H11Cl2N3O3S. The molecule has 6 nitrogen and oxygen atoms in total. The van der Waals surface area contributed by atoms with Crippen molar-refractivity contribution in [2.75, 3.05) is 11.9 Å². The number of nitrogens with one attached hydrogen (secondary N) is 1. The SMILES string of the molecule is CCc1nnsc1C(=O)OCC(=O)Nc1c(Cl)cccc1Cl. The molecule has 0 bridgehead atoms. The van der Waals surface area contributed by atoms with Crippen LogP contribution in [0.3, 0.4) is 0 Å². The first-order valence-corrected chi connectivity index (χ1v) is 7.78. The van der Waals surface area contributed by atoms with Crippen LogP contribution >= 0.6 is 34.7 Å². The van der Waals surface area contributed by atoms with Crippen molar-refractivity contribution in [3.63, 3.8) is 0 Å². The normalized spacial score (nSPS) is 10.3. The number of aromatic nitrogens is 2. The Labute approximate surface area is 140 Å². The Kier molecular flexibility index (Phi) is 5.70. The highest BCUT2D eigenvalue weighted by molar-refractivity contribution is 7.07. The van der Waals surface area contributed by atoms with Crippen LogP contribution in [0.4, 0.5) is 5.69 Å². The molecule has 116 valence electrons. The number of anilines is 1. The molecule has 2 rings (SSSR count). The summed E-state index contributed by atoms with van der Waals surface area (Å²) in [5.41, 5.74) is 0.824. The van der Waals surface area contributed by atoms with Gasteiger partial charge >= 0.3 is 5.97 Å². The van der Waals surface area contributed by atoms with E-state index in [1.165, 1.54) is 0 Å². The molecule has 1 aromatic carbocycles. The van der Waals surface area contributed by atoms with Gasteiger partial charge in [-0.2, -0.15) is 0 Å². The zero-order valence-electron chi connectivity index (χ0n) is 11.4. The van der Waals surface area contributed by atoms with Crippen LogP contribution in [0.15, 0.2) is 18.2 Å². The highest BCUT2D eigenvalue weighted by Gasteiger charge is 2.18. The largest absolute Gasteiger partial charge is 0.451 e. The maximum absolute atomic E-state index is 11.9. The monoisotopic (exact) mass is 359 g/mol. The lowest BCUT2D eigenvalue weighted by Gasteiger charge is -2.09. The maximum atomic E-state index is 11.9. The molecule has 0 unspecified atom stereocenters.